The number of imidazole rings is 1. The van der Waals surface area contributed by atoms with E-state index in [0.717, 1.165) is 5.56 Å². The van der Waals surface area contributed by atoms with Crippen LogP contribution in [0, 0.1) is 5.92 Å². The van der Waals surface area contributed by atoms with Crippen LogP contribution >= 0.6 is 0 Å². The number of nitrogens with zero attached hydrogens (tertiary/aromatic N) is 1. The fraction of sp³-hybridized carbons (Fsp3) is 0.519. The number of nitrogens with two attached hydrogens (primary N) is 2. The first kappa shape index (κ1) is 32.2. The zero-order chi connectivity index (χ0) is 29.7. The Labute approximate surface area is 233 Å². The van der Waals surface area contributed by atoms with E-state index in [2.05, 4.69) is 25.9 Å². The molecule has 1 heterocycles. The van der Waals surface area contributed by atoms with E-state index in [-0.39, 0.29) is 37.4 Å². The van der Waals surface area contributed by atoms with Crippen molar-refractivity contribution in [3.05, 3.63) is 48.0 Å². The van der Waals surface area contributed by atoms with Crippen LogP contribution in [0.5, 0.6) is 5.75 Å². The average Bonchev–Trinajstić information content (AvgIpc) is 3.41. The summed E-state index contributed by atoms with van der Waals surface area (Å²) in [6, 6.07) is 2.03. The fourth-order valence-electron chi connectivity index (χ4n) is 4.08. The number of amides is 3. The van der Waals surface area contributed by atoms with Crippen molar-refractivity contribution in [2.75, 3.05) is 6.54 Å². The number of benzene rings is 1. The number of rotatable bonds is 17. The first-order chi connectivity index (χ1) is 19.0. The number of hydrogen-bond acceptors (Lipinski definition) is 8. The summed E-state index contributed by atoms with van der Waals surface area (Å²) in [6.07, 6.45) is 4.78. The van der Waals surface area contributed by atoms with E-state index in [0.29, 0.717) is 25.1 Å². The number of unbranched alkanes of at least 4 members (excludes halogenated alkanes) is 1. The van der Waals surface area contributed by atoms with Crippen LogP contribution in [0.4, 0.5) is 0 Å². The van der Waals surface area contributed by atoms with Crippen molar-refractivity contribution in [1.82, 2.24) is 25.9 Å². The second kappa shape index (κ2) is 16.2. The quantitative estimate of drug-likeness (QED) is 0.121. The maximum atomic E-state index is 13.4. The van der Waals surface area contributed by atoms with Gasteiger partial charge in [0, 0.05) is 18.3 Å². The van der Waals surface area contributed by atoms with Crippen molar-refractivity contribution >= 4 is 23.7 Å². The molecule has 2 aromatic rings. The van der Waals surface area contributed by atoms with E-state index in [9.17, 15) is 29.4 Å². The predicted octanol–water partition coefficient (Wildman–Crippen LogP) is -0.0581. The van der Waals surface area contributed by atoms with Gasteiger partial charge in [0.1, 0.15) is 23.9 Å². The lowest BCUT2D eigenvalue weighted by atomic mass is 10.0. The highest BCUT2D eigenvalue weighted by Gasteiger charge is 2.31. The van der Waals surface area contributed by atoms with Crippen LogP contribution in [0.1, 0.15) is 50.8 Å². The van der Waals surface area contributed by atoms with Crippen LogP contribution in [-0.4, -0.2) is 74.6 Å². The molecule has 40 heavy (non-hydrogen) atoms. The number of aliphatic carboxylic acids is 1. The number of aromatic hydroxyl groups is 1. The van der Waals surface area contributed by atoms with Crippen LogP contribution in [-0.2, 0) is 32.0 Å². The summed E-state index contributed by atoms with van der Waals surface area (Å²) in [5.41, 5.74) is 12.9. The van der Waals surface area contributed by atoms with Crippen LogP contribution in [0.3, 0.4) is 0 Å². The lowest BCUT2D eigenvalue weighted by molar-refractivity contribution is -0.142. The standard InChI is InChI=1S/C27H41N7O6/c1-16(2)11-22(25(37)32-21(27(39)40)5-3-4-10-28)34-26(38)23(13-18-14-30-15-31-18)33-24(36)20(29)12-17-6-8-19(35)9-7-17/h6-9,14-16,20-23,35H,3-5,10-13,28-29H2,1-2H3,(H,30,31)(H,32,37)(H,33,36)(H,34,38)(H,39,40). The Balaban J connectivity index is 2.15. The van der Waals surface area contributed by atoms with Gasteiger partial charge in [-0.1, -0.05) is 26.0 Å². The third kappa shape index (κ3) is 11.0. The minimum atomic E-state index is -1.17. The lowest BCUT2D eigenvalue weighted by Crippen LogP contribution is -2.58. The van der Waals surface area contributed by atoms with Crippen LogP contribution < -0.4 is 27.4 Å². The maximum absolute atomic E-state index is 13.4. The Kier molecular flexibility index (Phi) is 13.1. The molecule has 4 atom stereocenters. The van der Waals surface area contributed by atoms with Crippen LogP contribution in [0.15, 0.2) is 36.8 Å². The van der Waals surface area contributed by atoms with Crippen molar-refractivity contribution in [3.63, 3.8) is 0 Å². The highest BCUT2D eigenvalue weighted by molar-refractivity contribution is 5.94. The summed E-state index contributed by atoms with van der Waals surface area (Å²) >= 11 is 0. The first-order valence-electron chi connectivity index (χ1n) is 13.3. The van der Waals surface area contributed by atoms with Gasteiger partial charge in [-0.3, -0.25) is 14.4 Å². The molecule has 0 aliphatic heterocycles. The van der Waals surface area contributed by atoms with Crippen molar-refractivity contribution in [3.8, 4) is 5.75 Å². The normalized spacial score (nSPS) is 14.1. The van der Waals surface area contributed by atoms with E-state index >= 15 is 0 Å². The number of aromatic nitrogens is 2. The average molecular weight is 560 g/mol. The molecular weight excluding hydrogens is 518 g/mol. The summed E-state index contributed by atoms with van der Waals surface area (Å²) in [4.78, 5) is 58.0. The number of H-pyrrole nitrogens is 1. The summed E-state index contributed by atoms with van der Waals surface area (Å²) < 4.78 is 0. The van der Waals surface area contributed by atoms with Gasteiger partial charge in [0.25, 0.3) is 0 Å². The molecule has 13 heteroatoms. The Morgan fingerprint density at radius 3 is 2.12 bits per heavy atom. The number of carbonyl (C=O) groups is 4. The Hall–Kier alpha value is -3.97. The van der Waals surface area contributed by atoms with Gasteiger partial charge in [-0.2, -0.15) is 0 Å². The van der Waals surface area contributed by atoms with Gasteiger partial charge in [0.15, 0.2) is 0 Å². The molecule has 0 aliphatic carbocycles. The van der Waals surface area contributed by atoms with Crippen molar-refractivity contribution in [2.24, 2.45) is 17.4 Å². The fourth-order valence-corrected chi connectivity index (χ4v) is 4.08. The maximum Gasteiger partial charge on any atom is 0.326 e. The van der Waals surface area contributed by atoms with Gasteiger partial charge in [-0.05, 0) is 62.3 Å². The topological polar surface area (TPSA) is 226 Å². The van der Waals surface area contributed by atoms with Crippen molar-refractivity contribution in [1.29, 1.82) is 0 Å². The van der Waals surface area contributed by atoms with Gasteiger partial charge in [0.05, 0.1) is 12.4 Å². The smallest absolute Gasteiger partial charge is 0.326 e. The molecule has 0 radical (unpaired) electrons. The van der Waals surface area contributed by atoms with Crippen LogP contribution in [0.2, 0.25) is 0 Å². The van der Waals surface area contributed by atoms with Gasteiger partial charge in [-0.25, -0.2) is 9.78 Å². The summed E-state index contributed by atoms with van der Waals surface area (Å²) in [7, 11) is 0. The SMILES string of the molecule is CC(C)CC(NC(=O)C(Cc1cnc[nH]1)NC(=O)C(N)Cc1ccc(O)cc1)C(=O)NC(CCCCN)C(=O)O. The molecule has 4 unspecified atom stereocenters. The molecule has 0 fully saturated rings. The van der Waals surface area contributed by atoms with Gasteiger partial charge < -0.3 is 42.6 Å². The molecule has 0 spiro atoms. The third-order valence-electron chi connectivity index (χ3n) is 6.24. The number of nitrogens with one attached hydrogen (secondary N) is 4. The van der Waals surface area contributed by atoms with Crippen LogP contribution in [0.25, 0.3) is 0 Å². The number of aromatic amines is 1. The molecule has 13 nitrogen and oxygen atoms in total. The molecule has 1 aromatic carbocycles. The molecule has 3 amide bonds. The number of phenolic OH excluding ortho intramolecular Hbond substituents is 1. The Bertz CT molecular complexity index is 1090. The Morgan fingerprint density at radius 2 is 1.55 bits per heavy atom. The number of carbonyl (C=O) groups excluding carboxylic acids is 3. The molecule has 10 N–H and O–H groups in total. The summed E-state index contributed by atoms with van der Waals surface area (Å²) in [6.45, 7) is 4.15. The highest BCUT2D eigenvalue weighted by atomic mass is 16.4. The number of carboxylic acids is 1. The molecule has 2 rings (SSSR count). The predicted molar refractivity (Wildman–Crippen MR) is 148 cm³/mol. The van der Waals surface area contributed by atoms with E-state index in [1.807, 2.05) is 13.8 Å². The van der Waals surface area contributed by atoms with Crippen molar-refractivity contribution in [2.45, 2.75) is 76.5 Å². The highest BCUT2D eigenvalue weighted by Crippen LogP contribution is 2.12. The molecule has 1 aromatic heterocycles. The molecule has 0 bridgehead atoms. The third-order valence-corrected chi connectivity index (χ3v) is 6.24. The molecule has 220 valence electrons. The first-order valence-corrected chi connectivity index (χ1v) is 13.3. The van der Waals surface area contributed by atoms with Gasteiger partial charge in [-0.15, -0.1) is 0 Å². The van der Waals surface area contributed by atoms with E-state index in [4.69, 9.17) is 11.5 Å². The van der Waals surface area contributed by atoms with E-state index in [1.165, 1.54) is 24.7 Å². The van der Waals surface area contributed by atoms with Gasteiger partial charge >= 0.3 is 5.97 Å². The minimum Gasteiger partial charge on any atom is -0.508 e. The molecule has 0 saturated carbocycles. The number of hydrogen-bond donors (Lipinski definition) is 8. The second-order valence-corrected chi connectivity index (χ2v) is 10.2. The monoisotopic (exact) mass is 559 g/mol. The molecule has 0 aliphatic rings. The number of carboxylic acid groups (broad SMARTS) is 1. The molecular formula is C27H41N7O6. The number of phenols is 1. The van der Waals surface area contributed by atoms with Crippen molar-refractivity contribution < 1.29 is 29.4 Å². The summed E-state index contributed by atoms with van der Waals surface area (Å²) in [5.74, 6) is -2.93. The van der Waals surface area contributed by atoms with E-state index in [1.54, 1.807) is 12.1 Å². The molecule has 0 saturated heterocycles. The zero-order valence-corrected chi connectivity index (χ0v) is 22.9. The Morgan fingerprint density at radius 1 is 0.925 bits per heavy atom. The van der Waals surface area contributed by atoms with E-state index < -0.39 is 47.9 Å². The zero-order valence-electron chi connectivity index (χ0n) is 22.9. The summed E-state index contributed by atoms with van der Waals surface area (Å²) in [5, 5.41) is 26.9. The largest absolute Gasteiger partial charge is 0.508 e. The second-order valence-electron chi connectivity index (χ2n) is 10.2. The minimum absolute atomic E-state index is 0.00375. The van der Waals surface area contributed by atoms with Gasteiger partial charge in [0.2, 0.25) is 17.7 Å². The lowest BCUT2D eigenvalue weighted by Gasteiger charge is -2.26.